The zero-order valence-corrected chi connectivity index (χ0v) is 11.3. The average molecular weight is 275 g/mol. The van der Waals surface area contributed by atoms with Crippen LogP contribution in [0.4, 0.5) is 5.82 Å². The van der Waals surface area contributed by atoms with Crippen LogP contribution >= 0.6 is 0 Å². The number of nitrogen functional groups attached to an aromatic ring is 1. The van der Waals surface area contributed by atoms with Gasteiger partial charge in [-0.15, -0.1) is 0 Å². The molecule has 0 aliphatic heterocycles. The van der Waals surface area contributed by atoms with Crippen LogP contribution in [0.15, 0.2) is 59.4 Å². The van der Waals surface area contributed by atoms with E-state index in [0.29, 0.717) is 23.3 Å². The van der Waals surface area contributed by atoms with Crippen molar-refractivity contribution in [3.63, 3.8) is 0 Å². The first-order valence-electron chi connectivity index (χ1n) is 6.56. The van der Waals surface area contributed by atoms with Crippen LogP contribution in [0.25, 0.3) is 10.8 Å². The van der Waals surface area contributed by atoms with E-state index in [1.165, 1.54) is 4.57 Å². The second-order valence-electron chi connectivity index (χ2n) is 4.86. The molecular weight excluding hydrogens is 262 g/mol. The number of nitrogens with two attached hydrogens (primary N) is 1. The second-order valence-corrected chi connectivity index (χ2v) is 4.86. The first-order valence-corrected chi connectivity index (χ1v) is 6.56. The number of pyridine rings is 1. The summed E-state index contributed by atoms with van der Waals surface area (Å²) in [5.74, 6) is 0.418. The van der Waals surface area contributed by atoms with Crippen LogP contribution < -0.4 is 11.3 Å². The van der Waals surface area contributed by atoms with Crippen molar-refractivity contribution in [1.29, 1.82) is 5.26 Å². The molecule has 0 bridgehead atoms. The molecule has 4 nitrogen and oxygen atoms in total. The fraction of sp³-hybridized carbons (Fsp3) is 0.0588. The van der Waals surface area contributed by atoms with Gasteiger partial charge in [-0.3, -0.25) is 9.36 Å². The molecule has 0 aliphatic rings. The number of rotatable bonds is 2. The van der Waals surface area contributed by atoms with Crippen molar-refractivity contribution in [1.82, 2.24) is 4.57 Å². The molecule has 0 amide bonds. The lowest BCUT2D eigenvalue weighted by Gasteiger charge is -2.11. The Kier molecular flexibility index (Phi) is 3.17. The molecule has 0 atom stereocenters. The highest BCUT2D eigenvalue weighted by atomic mass is 16.1. The molecule has 0 saturated heterocycles. The Labute approximate surface area is 121 Å². The molecule has 4 heteroatoms. The molecule has 2 aromatic carbocycles. The monoisotopic (exact) mass is 275 g/mol. The van der Waals surface area contributed by atoms with E-state index in [9.17, 15) is 4.79 Å². The maximum Gasteiger partial charge on any atom is 0.260 e. The van der Waals surface area contributed by atoms with Gasteiger partial charge < -0.3 is 5.73 Å². The van der Waals surface area contributed by atoms with Gasteiger partial charge in [0.2, 0.25) is 0 Å². The minimum absolute atomic E-state index is 0.118. The Balaban J connectivity index is 2.12. The van der Waals surface area contributed by atoms with Gasteiger partial charge in [-0.2, -0.15) is 5.26 Å². The minimum Gasteiger partial charge on any atom is -0.385 e. The molecule has 0 aliphatic carbocycles. The van der Waals surface area contributed by atoms with Gasteiger partial charge in [0.15, 0.2) is 0 Å². The van der Waals surface area contributed by atoms with Crippen LogP contribution in [0.3, 0.4) is 0 Å². The summed E-state index contributed by atoms with van der Waals surface area (Å²) in [5, 5.41) is 10.4. The molecule has 0 radical (unpaired) electrons. The normalized spacial score (nSPS) is 10.4. The molecule has 21 heavy (non-hydrogen) atoms. The Morgan fingerprint density at radius 2 is 1.90 bits per heavy atom. The van der Waals surface area contributed by atoms with Gasteiger partial charge >= 0.3 is 0 Å². The maximum absolute atomic E-state index is 12.5. The lowest BCUT2D eigenvalue weighted by atomic mass is 10.1. The van der Waals surface area contributed by atoms with Crippen molar-refractivity contribution in [3.8, 4) is 6.07 Å². The van der Waals surface area contributed by atoms with E-state index >= 15 is 0 Å². The quantitative estimate of drug-likeness (QED) is 0.781. The first kappa shape index (κ1) is 12.9. The summed E-state index contributed by atoms with van der Waals surface area (Å²) in [7, 11) is 0. The van der Waals surface area contributed by atoms with Crippen molar-refractivity contribution in [2.24, 2.45) is 0 Å². The van der Waals surface area contributed by atoms with Gasteiger partial charge in [0.1, 0.15) is 5.82 Å². The summed E-state index contributed by atoms with van der Waals surface area (Å²) in [6, 6.07) is 18.4. The highest BCUT2D eigenvalue weighted by Crippen LogP contribution is 2.15. The number of aromatic nitrogens is 1. The van der Waals surface area contributed by atoms with Crippen molar-refractivity contribution < 1.29 is 0 Å². The van der Waals surface area contributed by atoms with E-state index in [1.54, 1.807) is 30.3 Å². The Bertz CT molecular complexity index is 919. The van der Waals surface area contributed by atoms with Crippen LogP contribution in [0.1, 0.15) is 11.1 Å². The summed E-state index contributed by atoms with van der Waals surface area (Å²) in [5.41, 5.74) is 7.33. The topological polar surface area (TPSA) is 71.8 Å². The van der Waals surface area contributed by atoms with Gasteiger partial charge in [0.05, 0.1) is 18.2 Å². The lowest BCUT2D eigenvalue weighted by molar-refractivity contribution is 0.780. The third-order valence-corrected chi connectivity index (χ3v) is 3.45. The van der Waals surface area contributed by atoms with Crippen molar-refractivity contribution in [2.45, 2.75) is 6.54 Å². The molecule has 102 valence electrons. The molecule has 1 aromatic heterocycles. The van der Waals surface area contributed by atoms with Crippen LogP contribution in [-0.4, -0.2) is 4.57 Å². The van der Waals surface area contributed by atoms with Crippen LogP contribution in [-0.2, 0) is 6.54 Å². The maximum atomic E-state index is 12.5. The van der Waals surface area contributed by atoms with E-state index in [0.717, 1.165) is 10.9 Å². The summed E-state index contributed by atoms with van der Waals surface area (Å²) in [6.45, 7) is 0.352. The van der Waals surface area contributed by atoms with Gasteiger partial charge in [0.25, 0.3) is 5.56 Å². The average Bonchev–Trinajstić information content (AvgIpc) is 2.51. The fourth-order valence-corrected chi connectivity index (χ4v) is 2.40. The predicted octanol–water partition coefficient (Wildman–Crippen LogP) is 2.50. The molecule has 1 heterocycles. The van der Waals surface area contributed by atoms with Crippen molar-refractivity contribution in [3.05, 3.63) is 76.1 Å². The first-order chi connectivity index (χ1) is 10.2. The largest absolute Gasteiger partial charge is 0.385 e. The van der Waals surface area contributed by atoms with E-state index in [2.05, 4.69) is 6.07 Å². The molecule has 2 N–H and O–H groups in total. The number of fused-ring (bicyclic) bond motifs is 1. The highest BCUT2D eigenvalue weighted by Gasteiger charge is 2.07. The summed E-state index contributed by atoms with van der Waals surface area (Å²) in [4.78, 5) is 12.5. The molecule has 3 aromatic rings. The van der Waals surface area contributed by atoms with Crippen LogP contribution in [0.2, 0.25) is 0 Å². The van der Waals surface area contributed by atoms with Gasteiger partial charge in [-0.25, -0.2) is 0 Å². The number of anilines is 1. The van der Waals surface area contributed by atoms with Gasteiger partial charge in [0, 0.05) is 5.39 Å². The number of nitriles is 1. The van der Waals surface area contributed by atoms with Crippen LogP contribution in [0, 0.1) is 11.3 Å². The predicted molar refractivity (Wildman–Crippen MR) is 82.9 cm³/mol. The molecule has 0 saturated carbocycles. The zero-order chi connectivity index (χ0) is 14.8. The van der Waals surface area contributed by atoms with E-state index < -0.39 is 0 Å². The SMILES string of the molecule is N#Cc1cccc(Cn2c(N)cc3ccccc3c2=O)c1. The summed E-state index contributed by atoms with van der Waals surface area (Å²) in [6.07, 6.45) is 0. The third kappa shape index (κ3) is 2.37. The Morgan fingerprint density at radius 3 is 2.71 bits per heavy atom. The highest BCUT2D eigenvalue weighted by molar-refractivity contribution is 5.83. The molecule has 3 rings (SSSR count). The Hall–Kier alpha value is -3.06. The van der Waals surface area contributed by atoms with E-state index in [1.807, 2.05) is 24.3 Å². The Morgan fingerprint density at radius 1 is 1.10 bits per heavy atom. The second kappa shape index (κ2) is 5.14. The van der Waals surface area contributed by atoms with Crippen LogP contribution in [0.5, 0.6) is 0 Å². The van der Waals surface area contributed by atoms with Crippen molar-refractivity contribution in [2.75, 3.05) is 5.73 Å². The van der Waals surface area contributed by atoms with Gasteiger partial charge in [-0.1, -0.05) is 30.3 Å². The number of nitrogens with zero attached hydrogens (tertiary/aromatic N) is 2. The van der Waals surface area contributed by atoms with E-state index in [-0.39, 0.29) is 5.56 Å². The molecule has 0 spiro atoms. The van der Waals surface area contributed by atoms with Gasteiger partial charge in [-0.05, 0) is 35.2 Å². The number of benzene rings is 2. The summed E-state index contributed by atoms with van der Waals surface area (Å²) < 4.78 is 1.53. The molecule has 0 unspecified atom stereocenters. The lowest BCUT2D eigenvalue weighted by Crippen LogP contribution is -2.23. The standard InChI is InChI=1S/C17H13N3O/c18-10-12-4-3-5-13(8-12)11-20-16(19)9-14-6-1-2-7-15(14)17(20)21/h1-9H,11,19H2. The number of hydrogen-bond acceptors (Lipinski definition) is 3. The molecular formula is C17H13N3O. The number of hydrogen-bond donors (Lipinski definition) is 1. The zero-order valence-electron chi connectivity index (χ0n) is 11.3. The van der Waals surface area contributed by atoms with E-state index in [4.69, 9.17) is 11.0 Å². The van der Waals surface area contributed by atoms with Crippen molar-refractivity contribution >= 4 is 16.6 Å². The third-order valence-electron chi connectivity index (χ3n) is 3.45. The molecule has 0 fully saturated rings. The fourth-order valence-electron chi connectivity index (χ4n) is 2.40. The smallest absolute Gasteiger partial charge is 0.260 e. The minimum atomic E-state index is -0.118. The summed E-state index contributed by atoms with van der Waals surface area (Å²) >= 11 is 0.